The number of hydrogen-bond donors (Lipinski definition) is 0. The maximum Gasteiger partial charge on any atom is 0.145 e. The van der Waals surface area contributed by atoms with Crippen molar-refractivity contribution in [3.05, 3.63) is 193 Å². The van der Waals surface area contributed by atoms with Crippen molar-refractivity contribution in [2.75, 3.05) is 4.90 Å². The molecule has 8 aromatic carbocycles. The fraction of sp³-hybridized carbons (Fsp3) is 0.0588. The van der Waals surface area contributed by atoms with Crippen LogP contribution < -0.4 is 4.90 Å². The van der Waals surface area contributed by atoms with Gasteiger partial charge >= 0.3 is 0 Å². The van der Waals surface area contributed by atoms with Crippen LogP contribution in [0.15, 0.2) is 186 Å². The average Bonchev–Trinajstić information content (AvgIpc) is 3.86. The topological polar surface area (TPSA) is 21.3 Å². The molecule has 0 radical (unpaired) electrons. The van der Waals surface area contributed by atoms with Crippen molar-refractivity contribution in [2.45, 2.75) is 19.3 Å². The molecule has 10 aromatic rings. The second-order valence-electron chi connectivity index (χ2n) is 14.9. The summed E-state index contributed by atoms with van der Waals surface area (Å²) in [6.45, 7) is 4.72. The number of aromatic nitrogens is 1. The lowest BCUT2D eigenvalue weighted by Gasteiger charge is -2.30. The fourth-order valence-electron chi connectivity index (χ4n) is 9.19. The first-order valence-electron chi connectivity index (χ1n) is 18.7. The Labute approximate surface area is 314 Å². The van der Waals surface area contributed by atoms with Gasteiger partial charge in [-0.05, 0) is 76.9 Å². The Hall–Kier alpha value is -6.84. The Morgan fingerprint density at radius 2 is 1.09 bits per heavy atom. The zero-order valence-corrected chi connectivity index (χ0v) is 30.1. The summed E-state index contributed by atoms with van der Waals surface area (Å²) in [6, 6.07) is 65.8. The fourth-order valence-corrected chi connectivity index (χ4v) is 9.19. The Morgan fingerprint density at radius 3 is 1.94 bits per heavy atom. The molecule has 0 N–H and O–H groups in total. The standard InChI is InChI=1S/C51H36N2O/c1-51(2)39-24-12-9-21-36(39)47-40(51)25-15-27-42(47)53(44-29-16-28-43-48(44)37-22-10-13-26-41(37)52(43)34-19-7-4-8-20-34)45-32-31-35(33-17-5-3-6-18-33)50-49(45)38-23-11-14-30-46(38)54-50/h3-32H,1-2H3. The molecule has 3 heteroatoms. The largest absolute Gasteiger partial charge is 0.455 e. The van der Waals surface area contributed by atoms with Gasteiger partial charge in [-0.1, -0.05) is 141 Å². The lowest BCUT2D eigenvalue weighted by Crippen LogP contribution is -2.16. The van der Waals surface area contributed by atoms with Crippen LogP contribution in [0, 0.1) is 0 Å². The van der Waals surface area contributed by atoms with Gasteiger partial charge in [0.2, 0.25) is 0 Å². The van der Waals surface area contributed by atoms with Gasteiger partial charge in [-0.3, -0.25) is 0 Å². The van der Waals surface area contributed by atoms with Gasteiger partial charge in [0.05, 0.1) is 33.5 Å². The van der Waals surface area contributed by atoms with E-state index in [2.05, 4.69) is 205 Å². The van der Waals surface area contributed by atoms with Crippen LogP contribution in [-0.4, -0.2) is 4.57 Å². The highest BCUT2D eigenvalue weighted by Crippen LogP contribution is 2.56. The van der Waals surface area contributed by atoms with E-state index in [0.717, 1.165) is 61.3 Å². The molecule has 0 atom stereocenters. The van der Waals surface area contributed by atoms with Gasteiger partial charge < -0.3 is 13.9 Å². The summed E-state index contributed by atoms with van der Waals surface area (Å²) in [6.07, 6.45) is 0. The first-order chi connectivity index (χ1) is 26.6. The molecule has 0 saturated carbocycles. The predicted octanol–water partition coefficient (Wildman–Crippen LogP) is 14.1. The van der Waals surface area contributed by atoms with E-state index < -0.39 is 0 Å². The van der Waals surface area contributed by atoms with Crippen LogP contribution in [0.5, 0.6) is 0 Å². The second kappa shape index (κ2) is 11.6. The lowest BCUT2D eigenvalue weighted by atomic mass is 9.82. The summed E-state index contributed by atoms with van der Waals surface area (Å²) in [4.78, 5) is 2.53. The molecule has 256 valence electrons. The smallest absolute Gasteiger partial charge is 0.145 e. The third-order valence-electron chi connectivity index (χ3n) is 11.6. The van der Waals surface area contributed by atoms with Crippen molar-refractivity contribution >= 4 is 60.8 Å². The van der Waals surface area contributed by atoms with E-state index >= 15 is 0 Å². The van der Waals surface area contributed by atoms with Crippen molar-refractivity contribution in [1.29, 1.82) is 0 Å². The molecule has 11 rings (SSSR count). The van der Waals surface area contributed by atoms with Crippen molar-refractivity contribution in [3.8, 4) is 27.9 Å². The summed E-state index contributed by atoms with van der Waals surface area (Å²) in [7, 11) is 0. The highest BCUT2D eigenvalue weighted by Gasteiger charge is 2.38. The van der Waals surface area contributed by atoms with Crippen LogP contribution in [0.25, 0.3) is 71.7 Å². The molecule has 1 aliphatic carbocycles. The molecule has 0 aliphatic heterocycles. The maximum atomic E-state index is 6.87. The van der Waals surface area contributed by atoms with E-state index in [-0.39, 0.29) is 5.41 Å². The molecule has 0 spiro atoms. The van der Waals surface area contributed by atoms with Crippen molar-refractivity contribution < 1.29 is 4.42 Å². The van der Waals surface area contributed by atoms with Crippen molar-refractivity contribution in [1.82, 2.24) is 4.57 Å². The number of nitrogens with zero attached hydrogens (tertiary/aromatic N) is 2. The van der Waals surface area contributed by atoms with Crippen LogP contribution in [-0.2, 0) is 5.41 Å². The SMILES string of the molecule is CC1(C)c2ccccc2-c2c(N(c3ccc(-c4ccccc4)c4oc5ccccc5c34)c3cccc4c3c3ccccc3n4-c3ccccc3)cccc21. The molecule has 3 nitrogen and oxygen atoms in total. The molecular weight excluding hydrogens is 657 g/mol. The van der Waals surface area contributed by atoms with Crippen LogP contribution in [0.4, 0.5) is 17.1 Å². The molecule has 54 heavy (non-hydrogen) atoms. The molecule has 0 bridgehead atoms. The van der Waals surface area contributed by atoms with Gasteiger partial charge in [-0.25, -0.2) is 0 Å². The normalized spacial score (nSPS) is 13.1. The maximum absolute atomic E-state index is 6.87. The minimum Gasteiger partial charge on any atom is -0.455 e. The Balaban J connectivity index is 1.31. The van der Waals surface area contributed by atoms with Gasteiger partial charge in [0, 0.05) is 38.4 Å². The van der Waals surface area contributed by atoms with E-state index in [9.17, 15) is 0 Å². The molecule has 2 aromatic heterocycles. The molecular formula is C51H36N2O. The minimum atomic E-state index is -0.155. The number of anilines is 3. The first-order valence-corrected chi connectivity index (χ1v) is 18.7. The van der Waals surface area contributed by atoms with Crippen molar-refractivity contribution in [3.63, 3.8) is 0 Å². The number of hydrogen-bond acceptors (Lipinski definition) is 2. The zero-order valence-electron chi connectivity index (χ0n) is 30.1. The number of para-hydroxylation sites is 3. The van der Waals surface area contributed by atoms with Crippen molar-refractivity contribution in [2.24, 2.45) is 0 Å². The number of rotatable bonds is 5. The van der Waals surface area contributed by atoms with E-state index in [1.54, 1.807) is 0 Å². The van der Waals surface area contributed by atoms with E-state index in [0.29, 0.717) is 0 Å². The molecule has 1 aliphatic rings. The summed E-state index contributed by atoms with van der Waals surface area (Å²) in [5, 5.41) is 4.60. The predicted molar refractivity (Wildman–Crippen MR) is 226 cm³/mol. The summed E-state index contributed by atoms with van der Waals surface area (Å²) >= 11 is 0. The third kappa shape index (κ3) is 4.30. The van der Waals surface area contributed by atoms with Crippen LogP contribution in [0.2, 0.25) is 0 Å². The average molecular weight is 693 g/mol. The highest BCUT2D eigenvalue weighted by molar-refractivity contribution is 6.21. The van der Waals surface area contributed by atoms with Gasteiger partial charge in [-0.15, -0.1) is 0 Å². The van der Waals surface area contributed by atoms with Crippen LogP contribution >= 0.6 is 0 Å². The Bertz CT molecular complexity index is 3070. The number of furan rings is 1. The Morgan fingerprint density at radius 1 is 0.463 bits per heavy atom. The van der Waals surface area contributed by atoms with Gasteiger partial charge in [0.25, 0.3) is 0 Å². The summed E-state index contributed by atoms with van der Waals surface area (Å²) in [5.74, 6) is 0. The highest BCUT2D eigenvalue weighted by atomic mass is 16.3. The van der Waals surface area contributed by atoms with E-state index in [1.165, 1.54) is 38.5 Å². The van der Waals surface area contributed by atoms with Crippen LogP contribution in [0.1, 0.15) is 25.0 Å². The minimum absolute atomic E-state index is 0.155. The lowest BCUT2D eigenvalue weighted by molar-refractivity contribution is 0.660. The molecule has 0 saturated heterocycles. The van der Waals surface area contributed by atoms with E-state index in [1.807, 2.05) is 0 Å². The number of fused-ring (bicyclic) bond motifs is 9. The monoisotopic (exact) mass is 692 g/mol. The molecule has 0 fully saturated rings. The van der Waals surface area contributed by atoms with Gasteiger partial charge in [0.1, 0.15) is 11.2 Å². The first kappa shape index (κ1) is 30.8. The second-order valence-corrected chi connectivity index (χ2v) is 14.9. The molecule has 0 amide bonds. The van der Waals surface area contributed by atoms with Gasteiger partial charge in [0.15, 0.2) is 0 Å². The van der Waals surface area contributed by atoms with Gasteiger partial charge in [-0.2, -0.15) is 0 Å². The summed E-state index contributed by atoms with van der Waals surface area (Å²) < 4.78 is 9.28. The Kier molecular flexibility index (Phi) is 6.60. The molecule has 0 unspecified atom stereocenters. The number of benzene rings is 8. The van der Waals surface area contributed by atoms with Crippen LogP contribution in [0.3, 0.4) is 0 Å². The quantitative estimate of drug-likeness (QED) is 0.179. The summed E-state index contributed by atoms with van der Waals surface area (Å²) in [5.41, 5.74) is 15.9. The third-order valence-corrected chi connectivity index (χ3v) is 11.6. The zero-order chi connectivity index (χ0) is 36.0. The van der Waals surface area contributed by atoms with E-state index in [4.69, 9.17) is 4.42 Å². The molecule has 2 heterocycles.